The number of benzene rings is 2. The Morgan fingerprint density at radius 1 is 1.15 bits per heavy atom. The number of primary amides is 1. The summed E-state index contributed by atoms with van der Waals surface area (Å²) in [6.45, 7) is 1.58. The number of amides is 1. The molecule has 7 heteroatoms. The second kappa shape index (κ2) is 9.68. The molecule has 0 heterocycles. The summed E-state index contributed by atoms with van der Waals surface area (Å²) in [5.41, 5.74) is 6.28. The van der Waals surface area contributed by atoms with Crippen LogP contribution in [0.3, 0.4) is 0 Å². The van der Waals surface area contributed by atoms with Crippen LogP contribution in [0.25, 0.3) is 5.57 Å². The molecule has 0 saturated heterocycles. The van der Waals surface area contributed by atoms with Crippen LogP contribution in [0, 0.1) is 11.6 Å². The molecule has 0 aliphatic carbocycles. The van der Waals surface area contributed by atoms with Crippen molar-refractivity contribution >= 4 is 11.5 Å². The maximum atomic E-state index is 13.8. The van der Waals surface area contributed by atoms with Crippen molar-refractivity contribution in [3.63, 3.8) is 0 Å². The maximum Gasteiger partial charge on any atom is 0.241 e. The van der Waals surface area contributed by atoms with Crippen LogP contribution in [0.5, 0.6) is 11.5 Å². The van der Waals surface area contributed by atoms with Crippen LogP contribution in [-0.2, 0) is 11.4 Å². The molecule has 0 spiro atoms. The van der Waals surface area contributed by atoms with Gasteiger partial charge in [-0.2, -0.15) is 0 Å². The highest BCUT2D eigenvalue weighted by Gasteiger charge is 2.13. The standard InChI is InChI=1S/C20H21F2NO4/c1-13(10-20(23)25)14-6-7-18(19(11-14)26-9-3-8-24)27-12-15-16(21)4-2-5-17(15)22/h2,4-7,10-11,24H,3,8-9,12H2,1H3,(H2,23,25). The van der Waals surface area contributed by atoms with Gasteiger partial charge in [-0.1, -0.05) is 12.1 Å². The molecule has 2 aromatic carbocycles. The summed E-state index contributed by atoms with van der Waals surface area (Å²) in [6, 6.07) is 8.49. The van der Waals surface area contributed by atoms with Gasteiger partial charge in [0.2, 0.25) is 5.91 Å². The zero-order valence-electron chi connectivity index (χ0n) is 14.9. The highest BCUT2D eigenvalue weighted by molar-refractivity contribution is 5.93. The van der Waals surface area contributed by atoms with E-state index in [9.17, 15) is 13.6 Å². The van der Waals surface area contributed by atoms with Crippen molar-refractivity contribution in [3.8, 4) is 11.5 Å². The monoisotopic (exact) mass is 377 g/mol. The number of halogens is 2. The third kappa shape index (κ3) is 5.79. The molecule has 0 aliphatic heterocycles. The summed E-state index contributed by atoms with van der Waals surface area (Å²) in [4.78, 5) is 11.1. The van der Waals surface area contributed by atoms with Crippen LogP contribution >= 0.6 is 0 Å². The average Bonchev–Trinajstić information content (AvgIpc) is 2.61. The number of hydrogen-bond donors (Lipinski definition) is 2. The molecule has 0 fully saturated rings. The fourth-order valence-electron chi connectivity index (χ4n) is 2.35. The van der Waals surface area contributed by atoms with Crippen molar-refractivity contribution in [2.24, 2.45) is 5.73 Å². The predicted molar refractivity (Wildman–Crippen MR) is 97.2 cm³/mol. The van der Waals surface area contributed by atoms with Crippen molar-refractivity contribution in [2.45, 2.75) is 20.0 Å². The number of carbonyl (C=O) groups excluding carboxylic acids is 1. The predicted octanol–water partition coefficient (Wildman–Crippen LogP) is 3.19. The molecule has 0 saturated carbocycles. The molecule has 0 bridgehead atoms. The number of aliphatic hydroxyl groups excluding tert-OH is 1. The molecule has 3 N–H and O–H groups in total. The Kier molecular flexibility index (Phi) is 7.31. The summed E-state index contributed by atoms with van der Waals surface area (Å²) in [5.74, 6) is -1.36. The second-order valence-electron chi connectivity index (χ2n) is 5.81. The first-order chi connectivity index (χ1) is 12.9. The Hall–Kier alpha value is -2.93. The van der Waals surface area contributed by atoms with Gasteiger partial charge in [-0.3, -0.25) is 4.79 Å². The number of carbonyl (C=O) groups is 1. The van der Waals surface area contributed by atoms with E-state index in [0.717, 1.165) is 12.1 Å². The minimum Gasteiger partial charge on any atom is -0.490 e. The molecule has 0 unspecified atom stereocenters. The summed E-state index contributed by atoms with van der Waals surface area (Å²) < 4.78 is 38.7. The summed E-state index contributed by atoms with van der Waals surface area (Å²) in [5, 5.41) is 8.91. The van der Waals surface area contributed by atoms with Crippen LogP contribution in [0.15, 0.2) is 42.5 Å². The van der Waals surface area contributed by atoms with Crippen molar-refractivity contribution in [3.05, 3.63) is 65.2 Å². The van der Waals surface area contributed by atoms with E-state index in [2.05, 4.69) is 0 Å². The van der Waals surface area contributed by atoms with Gasteiger partial charge in [0.05, 0.1) is 12.2 Å². The quantitative estimate of drug-likeness (QED) is 0.519. The Labute approximate surface area is 156 Å². The van der Waals surface area contributed by atoms with Crippen LogP contribution in [-0.4, -0.2) is 24.2 Å². The number of allylic oxidation sites excluding steroid dienone is 1. The average molecular weight is 377 g/mol. The van der Waals surface area contributed by atoms with E-state index < -0.39 is 17.5 Å². The number of hydrogen-bond acceptors (Lipinski definition) is 4. The zero-order chi connectivity index (χ0) is 19.8. The molecule has 0 atom stereocenters. The number of ether oxygens (including phenoxy) is 2. The van der Waals surface area contributed by atoms with Gasteiger partial charge in [0, 0.05) is 19.1 Å². The lowest BCUT2D eigenvalue weighted by Gasteiger charge is -2.15. The number of rotatable bonds is 9. The largest absolute Gasteiger partial charge is 0.490 e. The van der Waals surface area contributed by atoms with Gasteiger partial charge in [-0.25, -0.2) is 8.78 Å². The van der Waals surface area contributed by atoms with Gasteiger partial charge in [0.25, 0.3) is 0 Å². The first kappa shape index (κ1) is 20.4. The fourth-order valence-corrected chi connectivity index (χ4v) is 2.35. The zero-order valence-corrected chi connectivity index (χ0v) is 14.9. The van der Waals surface area contributed by atoms with Crippen molar-refractivity contribution in [1.29, 1.82) is 0 Å². The first-order valence-electron chi connectivity index (χ1n) is 8.34. The van der Waals surface area contributed by atoms with Gasteiger partial charge >= 0.3 is 0 Å². The van der Waals surface area contributed by atoms with Crippen molar-refractivity contribution < 1.29 is 28.2 Å². The fraction of sp³-hybridized carbons (Fsp3) is 0.250. The Bertz CT molecular complexity index is 816. The molecule has 1 amide bonds. The molecule has 5 nitrogen and oxygen atoms in total. The Morgan fingerprint density at radius 2 is 1.85 bits per heavy atom. The molecular weight excluding hydrogens is 356 g/mol. The Morgan fingerprint density at radius 3 is 2.48 bits per heavy atom. The molecule has 0 aromatic heterocycles. The second-order valence-corrected chi connectivity index (χ2v) is 5.81. The van der Waals surface area contributed by atoms with E-state index in [1.807, 2.05) is 0 Å². The van der Waals surface area contributed by atoms with Crippen LogP contribution in [0.4, 0.5) is 8.78 Å². The highest BCUT2D eigenvalue weighted by Crippen LogP contribution is 2.32. The molecular formula is C20H21F2NO4. The summed E-state index contributed by atoms with van der Waals surface area (Å²) >= 11 is 0. The van der Waals surface area contributed by atoms with Crippen LogP contribution in [0.2, 0.25) is 0 Å². The van der Waals surface area contributed by atoms with Crippen molar-refractivity contribution in [1.82, 2.24) is 0 Å². The smallest absolute Gasteiger partial charge is 0.241 e. The van der Waals surface area contributed by atoms with Crippen molar-refractivity contribution in [2.75, 3.05) is 13.2 Å². The lowest BCUT2D eigenvalue weighted by atomic mass is 10.1. The van der Waals surface area contributed by atoms with Gasteiger partial charge in [0.1, 0.15) is 18.2 Å². The van der Waals surface area contributed by atoms with E-state index in [1.165, 1.54) is 12.1 Å². The van der Waals surface area contributed by atoms with E-state index in [-0.39, 0.29) is 31.1 Å². The third-order valence-corrected chi connectivity index (χ3v) is 3.75. The highest BCUT2D eigenvalue weighted by atomic mass is 19.1. The van der Waals surface area contributed by atoms with E-state index in [0.29, 0.717) is 23.3 Å². The van der Waals surface area contributed by atoms with E-state index in [1.54, 1.807) is 25.1 Å². The van der Waals surface area contributed by atoms with Crippen LogP contribution in [0.1, 0.15) is 24.5 Å². The van der Waals surface area contributed by atoms with Gasteiger partial charge in [-0.05, 0) is 42.3 Å². The lowest BCUT2D eigenvalue weighted by molar-refractivity contribution is -0.113. The minimum atomic E-state index is -0.699. The summed E-state index contributed by atoms with van der Waals surface area (Å²) in [6.07, 6.45) is 1.68. The molecule has 144 valence electrons. The van der Waals surface area contributed by atoms with Gasteiger partial charge in [-0.15, -0.1) is 0 Å². The van der Waals surface area contributed by atoms with E-state index in [4.69, 9.17) is 20.3 Å². The molecule has 0 radical (unpaired) electrons. The first-order valence-corrected chi connectivity index (χ1v) is 8.34. The Balaban J connectivity index is 2.26. The maximum absolute atomic E-state index is 13.8. The van der Waals surface area contributed by atoms with Gasteiger partial charge < -0.3 is 20.3 Å². The number of nitrogens with two attached hydrogens (primary N) is 1. The molecule has 2 aromatic rings. The van der Waals surface area contributed by atoms with Gasteiger partial charge in [0.15, 0.2) is 11.5 Å². The SMILES string of the molecule is CC(=CC(N)=O)c1ccc(OCc2c(F)cccc2F)c(OCCCO)c1. The summed E-state index contributed by atoms with van der Waals surface area (Å²) in [7, 11) is 0. The third-order valence-electron chi connectivity index (χ3n) is 3.75. The number of aliphatic hydroxyl groups is 1. The molecule has 27 heavy (non-hydrogen) atoms. The molecule has 2 rings (SSSR count). The topological polar surface area (TPSA) is 81.8 Å². The van der Waals surface area contributed by atoms with Crippen LogP contribution < -0.4 is 15.2 Å². The molecule has 0 aliphatic rings. The minimum absolute atomic E-state index is 0.0447. The lowest BCUT2D eigenvalue weighted by Crippen LogP contribution is -2.07. The normalized spacial score (nSPS) is 11.3. The van der Waals surface area contributed by atoms with E-state index >= 15 is 0 Å².